The fourth-order valence-corrected chi connectivity index (χ4v) is 2.41. The van der Waals surface area contributed by atoms with Gasteiger partial charge in [0.2, 0.25) is 0 Å². The Balaban J connectivity index is 2.07. The van der Waals surface area contributed by atoms with Crippen LogP contribution in [0.15, 0.2) is 48.7 Å². The second-order valence-electron chi connectivity index (χ2n) is 5.02. The Bertz CT molecular complexity index is 881. The largest absolute Gasteiger partial charge is 0.497 e. The SMILES string of the molecule is COc1ccc2[nH]cc(C(=O)c3cccc(C(F)(F)F)c3)c2c1. The molecule has 0 bridgehead atoms. The Morgan fingerprint density at radius 2 is 1.91 bits per heavy atom. The van der Waals surface area contributed by atoms with Gasteiger partial charge in [-0.1, -0.05) is 12.1 Å². The summed E-state index contributed by atoms with van der Waals surface area (Å²) in [6.07, 6.45) is -2.99. The summed E-state index contributed by atoms with van der Waals surface area (Å²) < 4.78 is 43.5. The zero-order chi connectivity index (χ0) is 16.6. The van der Waals surface area contributed by atoms with Gasteiger partial charge in [-0.05, 0) is 30.3 Å². The van der Waals surface area contributed by atoms with Gasteiger partial charge in [-0.3, -0.25) is 4.79 Å². The van der Waals surface area contributed by atoms with Crippen LogP contribution in [0, 0.1) is 0 Å². The maximum Gasteiger partial charge on any atom is 0.416 e. The molecule has 3 aromatic rings. The van der Waals surface area contributed by atoms with Crippen molar-refractivity contribution >= 4 is 16.7 Å². The van der Waals surface area contributed by atoms with E-state index in [1.54, 1.807) is 18.2 Å². The summed E-state index contributed by atoms with van der Waals surface area (Å²) in [6.45, 7) is 0. The Kier molecular flexibility index (Phi) is 3.60. The van der Waals surface area contributed by atoms with E-state index in [2.05, 4.69) is 4.98 Å². The van der Waals surface area contributed by atoms with E-state index in [-0.39, 0.29) is 5.56 Å². The average molecular weight is 319 g/mol. The van der Waals surface area contributed by atoms with E-state index in [0.29, 0.717) is 22.2 Å². The van der Waals surface area contributed by atoms with Crippen LogP contribution < -0.4 is 4.74 Å². The maximum atomic E-state index is 12.8. The molecule has 0 atom stereocenters. The average Bonchev–Trinajstić information content (AvgIpc) is 2.96. The van der Waals surface area contributed by atoms with Crippen molar-refractivity contribution in [2.24, 2.45) is 0 Å². The number of methoxy groups -OCH3 is 1. The first-order valence-electron chi connectivity index (χ1n) is 6.77. The summed E-state index contributed by atoms with van der Waals surface area (Å²) in [5.74, 6) is 0.0887. The lowest BCUT2D eigenvalue weighted by Gasteiger charge is -2.08. The Hall–Kier alpha value is -2.76. The lowest BCUT2D eigenvalue weighted by Crippen LogP contribution is -2.08. The topological polar surface area (TPSA) is 42.1 Å². The number of aromatic nitrogens is 1. The monoisotopic (exact) mass is 319 g/mol. The Labute approximate surface area is 129 Å². The molecule has 0 unspecified atom stereocenters. The highest BCUT2D eigenvalue weighted by Gasteiger charge is 2.31. The van der Waals surface area contributed by atoms with Crippen molar-refractivity contribution in [3.05, 3.63) is 65.4 Å². The molecular formula is C17H12F3NO2. The lowest BCUT2D eigenvalue weighted by molar-refractivity contribution is -0.137. The molecule has 1 aromatic heterocycles. The van der Waals surface area contributed by atoms with Crippen LogP contribution in [-0.2, 0) is 6.18 Å². The molecule has 2 aromatic carbocycles. The molecular weight excluding hydrogens is 307 g/mol. The van der Waals surface area contributed by atoms with Crippen molar-refractivity contribution in [2.75, 3.05) is 7.11 Å². The van der Waals surface area contributed by atoms with Crippen LogP contribution in [0.5, 0.6) is 5.75 Å². The van der Waals surface area contributed by atoms with Crippen LogP contribution in [0.25, 0.3) is 10.9 Å². The molecule has 0 saturated heterocycles. The van der Waals surface area contributed by atoms with E-state index in [4.69, 9.17) is 4.74 Å². The fraction of sp³-hybridized carbons (Fsp3) is 0.118. The maximum absolute atomic E-state index is 12.8. The predicted octanol–water partition coefficient (Wildman–Crippen LogP) is 4.43. The highest BCUT2D eigenvalue weighted by atomic mass is 19.4. The molecule has 0 radical (unpaired) electrons. The molecule has 1 N–H and O–H groups in total. The molecule has 0 aliphatic heterocycles. The van der Waals surface area contributed by atoms with Gasteiger partial charge in [-0.15, -0.1) is 0 Å². The van der Waals surface area contributed by atoms with Gasteiger partial charge in [0.15, 0.2) is 5.78 Å². The smallest absolute Gasteiger partial charge is 0.416 e. The molecule has 0 spiro atoms. The third-order valence-corrected chi connectivity index (χ3v) is 3.59. The molecule has 6 heteroatoms. The normalized spacial score (nSPS) is 11.7. The standard InChI is InChI=1S/C17H12F3NO2/c1-23-12-5-6-15-13(8-12)14(9-21-15)16(22)10-3-2-4-11(7-10)17(18,19)20/h2-9,21H,1H3. The number of ether oxygens (including phenoxy) is 1. The van der Waals surface area contributed by atoms with Gasteiger partial charge in [-0.2, -0.15) is 13.2 Å². The van der Waals surface area contributed by atoms with Crippen LogP contribution in [0.3, 0.4) is 0 Å². The van der Waals surface area contributed by atoms with Gasteiger partial charge >= 0.3 is 6.18 Å². The number of carbonyl (C=O) groups excluding carboxylic acids is 1. The number of benzene rings is 2. The minimum absolute atomic E-state index is 0.0106. The molecule has 23 heavy (non-hydrogen) atoms. The lowest BCUT2D eigenvalue weighted by atomic mass is 10.0. The van der Waals surface area contributed by atoms with Crippen LogP contribution in [0.4, 0.5) is 13.2 Å². The predicted molar refractivity (Wildman–Crippen MR) is 79.7 cm³/mol. The van der Waals surface area contributed by atoms with E-state index in [1.807, 2.05) is 0 Å². The first kappa shape index (κ1) is 15.1. The molecule has 0 aliphatic rings. The summed E-state index contributed by atoms with van der Waals surface area (Å²) in [6, 6.07) is 9.56. The second kappa shape index (κ2) is 5.46. The molecule has 0 fully saturated rings. The number of fused-ring (bicyclic) bond motifs is 1. The minimum Gasteiger partial charge on any atom is -0.497 e. The van der Waals surface area contributed by atoms with Crippen molar-refractivity contribution in [1.29, 1.82) is 0 Å². The van der Waals surface area contributed by atoms with Crippen LogP contribution in [-0.4, -0.2) is 17.9 Å². The number of nitrogens with one attached hydrogen (secondary N) is 1. The van der Waals surface area contributed by atoms with E-state index in [0.717, 1.165) is 12.1 Å². The van der Waals surface area contributed by atoms with E-state index >= 15 is 0 Å². The fourth-order valence-electron chi connectivity index (χ4n) is 2.41. The van der Waals surface area contributed by atoms with Gasteiger partial charge in [-0.25, -0.2) is 0 Å². The minimum atomic E-state index is -4.49. The second-order valence-corrected chi connectivity index (χ2v) is 5.02. The van der Waals surface area contributed by atoms with Crippen molar-refractivity contribution in [1.82, 2.24) is 4.98 Å². The van der Waals surface area contributed by atoms with E-state index in [1.165, 1.54) is 25.4 Å². The number of alkyl halides is 3. The Morgan fingerprint density at radius 3 is 2.61 bits per heavy atom. The van der Waals surface area contributed by atoms with Crippen LogP contribution in [0.1, 0.15) is 21.5 Å². The van der Waals surface area contributed by atoms with Gasteiger partial charge in [0.25, 0.3) is 0 Å². The molecule has 3 nitrogen and oxygen atoms in total. The number of hydrogen-bond acceptors (Lipinski definition) is 2. The van der Waals surface area contributed by atoms with Crippen molar-refractivity contribution in [2.45, 2.75) is 6.18 Å². The highest BCUT2D eigenvalue weighted by Crippen LogP contribution is 2.31. The zero-order valence-electron chi connectivity index (χ0n) is 12.1. The molecule has 3 rings (SSSR count). The number of H-pyrrole nitrogens is 1. The summed E-state index contributed by atoms with van der Waals surface area (Å²) in [5.41, 5.74) is 0.156. The summed E-state index contributed by atoms with van der Waals surface area (Å²) in [5, 5.41) is 0.603. The zero-order valence-corrected chi connectivity index (χ0v) is 12.1. The number of carbonyl (C=O) groups is 1. The highest BCUT2D eigenvalue weighted by molar-refractivity contribution is 6.16. The number of aromatic amines is 1. The van der Waals surface area contributed by atoms with Gasteiger partial charge < -0.3 is 9.72 Å². The van der Waals surface area contributed by atoms with E-state index < -0.39 is 17.5 Å². The molecule has 0 aliphatic carbocycles. The van der Waals surface area contributed by atoms with E-state index in [9.17, 15) is 18.0 Å². The number of halogens is 3. The van der Waals surface area contributed by atoms with Gasteiger partial charge in [0.1, 0.15) is 5.75 Å². The molecule has 1 heterocycles. The van der Waals surface area contributed by atoms with Gasteiger partial charge in [0, 0.05) is 28.2 Å². The van der Waals surface area contributed by atoms with Crippen molar-refractivity contribution in [3.63, 3.8) is 0 Å². The third kappa shape index (κ3) is 2.79. The number of ketones is 1. The molecule has 118 valence electrons. The number of rotatable bonds is 3. The molecule has 0 saturated carbocycles. The van der Waals surface area contributed by atoms with Crippen LogP contribution in [0.2, 0.25) is 0 Å². The van der Waals surface area contributed by atoms with Crippen LogP contribution >= 0.6 is 0 Å². The number of hydrogen-bond donors (Lipinski definition) is 1. The summed E-state index contributed by atoms with van der Waals surface area (Å²) in [7, 11) is 1.50. The van der Waals surface area contributed by atoms with Crippen molar-refractivity contribution in [3.8, 4) is 5.75 Å². The van der Waals surface area contributed by atoms with Crippen molar-refractivity contribution < 1.29 is 22.7 Å². The quantitative estimate of drug-likeness (QED) is 0.726. The Morgan fingerprint density at radius 1 is 1.13 bits per heavy atom. The van der Waals surface area contributed by atoms with Gasteiger partial charge in [0.05, 0.1) is 12.7 Å². The summed E-state index contributed by atoms with van der Waals surface area (Å²) in [4.78, 5) is 15.5. The first-order chi connectivity index (χ1) is 10.9. The molecule has 0 amide bonds. The third-order valence-electron chi connectivity index (χ3n) is 3.59. The first-order valence-corrected chi connectivity index (χ1v) is 6.77. The summed E-state index contributed by atoms with van der Waals surface area (Å²) >= 11 is 0.